The molecule has 2 aromatic rings. The Morgan fingerprint density at radius 3 is 2.52 bits per heavy atom. The van der Waals surface area contributed by atoms with Gasteiger partial charge in [0.05, 0.1) is 5.39 Å². The van der Waals surface area contributed by atoms with Gasteiger partial charge in [-0.3, -0.25) is 10.3 Å². The van der Waals surface area contributed by atoms with E-state index in [-0.39, 0.29) is 5.54 Å². The summed E-state index contributed by atoms with van der Waals surface area (Å²) in [5.41, 5.74) is 2.79. The number of nitrogen functional groups attached to an aromatic ring is 1. The van der Waals surface area contributed by atoms with Crippen molar-refractivity contribution in [2.45, 2.75) is 26.3 Å². The minimum atomic E-state index is 0.222. The molecule has 0 unspecified atom stereocenters. The minimum Gasteiger partial charge on any atom is -0.353 e. The van der Waals surface area contributed by atoms with Gasteiger partial charge < -0.3 is 4.90 Å². The molecule has 0 bridgehead atoms. The second-order valence-electron chi connectivity index (χ2n) is 6.30. The van der Waals surface area contributed by atoms with Crippen molar-refractivity contribution in [1.82, 2.24) is 14.9 Å². The van der Waals surface area contributed by atoms with Crippen molar-refractivity contribution in [2.75, 3.05) is 36.5 Å². The monoisotopic (exact) mass is 306 g/mol. The number of nitrogens with one attached hydrogen (secondary N) is 1. The second kappa shape index (κ2) is 5.40. The maximum absolute atomic E-state index is 5.49. The van der Waals surface area contributed by atoms with Crippen LogP contribution >= 0.6 is 11.3 Å². The maximum Gasteiger partial charge on any atom is 0.240 e. The average Bonchev–Trinajstić information content (AvgIpc) is 2.93. The molecule has 1 aliphatic rings. The molecule has 0 aliphatic carbocycles. The lowest BCUT2D eigenvalue weighted by molar-refractivity contribution is 0.128. The molecule has 114 valence electrons. The molecule has 3 rings (SSSR count). The van der Waals surface area contributed by atoms with E-state index >= 15 is 0 Å². The van der Waals surface area contributed by atoms with Gasteiger partial charge in [0.25, 0.3) is 0 Å². The zero-order chi connectivity index (χ0) is 15.0. The van der Waals surface area contributed by atoms with Crippen LogP contribution in [-0.2, 0) is 0 Å². The standard InChI is InChI=1S/C14H22N6S/c1-14(2,3)20-7-5-19(6-8-20)11-10-4-9-21-12(10)17-13(16-11)18-15/h4,9H,5-8,15H2,1-3H3,(H,16,17,18). The molecule has 0 saturated carbocycles. The summed E-state index contributed by atoms with van der Waals surface area (Å²) in [6, 6.07) is 2.09. The van der Waals surface area contributed by atoms with E-state index < -0.39 is 0 Å². The molecular weight excluding hydrogens is 284 g/mol. The Labute approximate surface area is 128 Å². The van der Waals surface area contributed by atoms with Gasteiger partial charge in [0.2, 0.25) is 5.95 Å². The number of anilines is 2. The SMILES string of the molecule is CC(C)(C)N1CCN(c2nc(NN)nc3sccc23)CC1. The van der Waals surface area contributed by atoms with Gasteiger partial charge in [0.1, 0.15) is 10.6 Å². The van der Waals surface area contributed by atoms with Crippen molar-refractivity contribution in [3.63, 3.8) is 0 Å². The molecule has 1 fully saturated rings. The van der Waals surface area contributed by atoms with E-state index in [0.29, 0.717) is 5.95 Å². The molecule has 21 heavy (non-hydrogen) atoms. The maximum atomic E-state index is 5.49. The zero-order valence-electron chi connectivity index (χ0n) is 12.8. The van der Waals surface area contributed by atoms with E-state index in [1.165, 1.54) is 0 Å². The van der Waals surface area contributed by atoms with E-state index in [1.807, 2.05) is 0 Å². The third-order valence-electron chi connectivity index (χ3n) is 3.96. The Morgan fingerprint density at radius 2 is 1.90 bits per heavy atom. The first-order valence-electron chi connectivity index (χ1n) is 7.21. The Bertz CT molecular complexity index is 624. The summed E-state index contributed by atoms with van der Waals surface area (Å²) in [5.74, 6) is 6.96. The van der Waals surface area contributed by atoms with Crippen molar-refractivity contribution >= 4 is 33.3 Å². The summed E-state index contributed by atoms with van der Waals surface area (Å²) in [6.45, 7) is 10.8. The molecule has 0 spiro atoms. The van der Waals surface area contributed by atoms with Crippen LogP contribution in [0, 0.1) is 0 Å². The van der Waals surface area contributed by atoms with Gasteiger partial charge in [-0.15, -0.1) is 11.3 Å². The Morgan fingerprint density at radius 1 is 1.19 bits per heavy atom. The van der Waals surface area contributed by atoms with Crippen molar-refractivity contribution in [3.8, 4) is 0 Å². The first-order valence-corrected chi connectivity index (χ1v) is 8.09. The highest BCUT2D eigenvalue weighted by atomic mass is 32.1. The average molecular weight is 306 g/mol. The number of hydrogen-bond acceptors (Lipinski definition) is 7. The summed E-state index contributed by atoms with van der Waals surface area (Å²) in [6.07, 6.45) is 0. The van der Waals surface area contributed by atoms with Crippen LogP contribution in [0.4, 0.5) is 11.8 Å². The zero-order valence-corrected chi connectivity index (χ0v) is 13.6. The van der Waals surface area contributed by atoms with Crippen LogP contribution < -0.4 is 16.2 Å². The molecule has 7 heteroatoms. The number of hydrazine groups is 1. The highest BCUT2D eigenvalue weighted by Crippen LogP contribution is 2.30. The van der Waals surface area contributed by atoms with Crippen LogP contribution in [0.2, 0.25) is 0 Å². The van der Waals surface area contributed by atoms with E-state index in [4.69, 9.17) is 5.84 Å². The lowest BCUT2D eigenvalue weighted by Gasteiger charge is -2.42. The fourth-order valence-electron chi connectivity index (χ4n) is 2.73. The number of aromatic nitrogens is 2. The number of nitrogens with two attached hydrogens (primary N) is 1. The molecule has 2 aromatic heterocycles. The molecule has 3 N–H and O–H groups in total. The lowest BCUT2D eigenvalue weighted by Crippen LogP contribution is -2.53. The quantitative estimate of drug-likeness (QED) is 0.652. The predicted molar refractivity (Wildman–Crippen MR) is 88.8 cm³/mol. The number of fused-ring (bicyclic) bond motifs is 1. The van der Waals surface area contributed by atoms with Crippen molar-refractivity contribution in [3.05, 3.63) is 11.4 Å². The molecule has 6 nitrogen and oxygen atoms in total. The number of thiophene rings is 1. The summed E-state index contributed by atoms with van der Waals surface area (Å²) >= 11 is 1.62. The third kappa shape index (κ3) is 2.81. The van der Waals surface area contributed by atoms with E-state index in [9.17, 15) is 0 Å². The molecule has 0 atom stereocenters. The smallest absolute Gasteiger partial charge is 0.240 e. The van der Waals surface area contributed by atoms with Crippen LogP contribution in [0.1, 0.15) is 20.8 Å². The van der Waals surface area contributed by atoms with E-state index in [0.717, 1.165) is 42.2 Å². The van der Waals surface area contributed by atoms with Crippen molar-refractivity contribution in [1.29, 1.82) is 0 Å². The predicted octanol–water partition coefficient (Wildman–Crippen LogP) is 1.90. The minimum absolute atomic E-state index is 0.222. The van der Waals surface area contributed by atoms with Crippen LogP contribution in [0.15, 0.2) is 11.4 Å². The summed E-state index contributed by atoms with van der Waals surface area (Å²) < 4.78 is 0. The van der Waals surface area contributed by atoms with Crippen LogP contribution in [0.3, 0.4) is 0 Å². The van der Waals surface area contributed by atoms with Gasteiger partial charge in [-0.05, 0) is 32.2 Å². The van der Waals surface area contributed by atoms with Crippen molar-refractivity contribution in [2.24, 2.45) is 5.84 Å². The summed E-state index contributed by atoms with van der Waals surface area (Å²) in [4.78, 5) is 14.8. The fourth-order valence-corrected chi connectivity index (χ4v) is 3.49. The molecule has 3 heterocycles. The van der Waals surface area contributed by atoms with Crippen LogP contribution in [0.25, 0.3) is 10.2 Å². The van der Waals surface area contributed by atoms with E-state index in [2.05, 4.69) is 57.4 Å². The number of hydrogen-bond donors (Lipinski definition) is 2. The highest BCUT2D eigenvalue weighted by molar-refractivity contribution is 7.16. The van der Waals surface area contributed by atoms with Gasteiger partial charge in [-0.25, -0.2) is 10.8 Å². The fraction of sp³-hybridized carbons (Fsp3) is 0.571. The van der Waals surface area contributed by atoms with Gasteiger partial charge in [-0.2, -0.15) is 4.98 Å². The summed E-state index contributed by atoms with van der Waals surface area (Å²) in [5, 5.41) is 3.16. The number of rotatable bonds is 2. The Kier molecular flexibility index (Phi) is 3.73. The van der Waals surface area contributed by atoms with Gasteiger partial charge in [-0.1, -0.05) is 0 Å². The lowest BCUT2D eigenvalue weighted by atomic mass is 10.0. The molecule has 0 radical (unpaired) electrons. The number of piperazine rings is 1. The largest absolute Gasteiger partial charge is 0.353 e. The summed E-state index contributed by atoms with van der Waals surface area (Å²) in [7, 11) is 0. The second-order valence-corrected chi connectivity index (χ2v) is 7.19. The first-order chi connectivity index (χ1) is 9.99. The molecule has 1 aliphatic heterocycles. The molecule has 0 amide bonds. The molecule has 1 saturated heterocycles. The van der Waals surface area contributed by atoms with Crippen LogP contribution in [0.5, 0.6) is 0 Å². The normalized spacial score (nSPS) is 17.4. The Hall–Kier alpha value is -1.44. The van der Waals surface area contributed by atoms with Crippen molar-refractivity contribution < 1.29 is 0 Å². The third-order valence-corrected chi connectivity index (χ3v) is 4.77. The molecular formula is C14H22N6S. The van der Waals surface area contributed by atoms with Gasteiger partial charge in [0.15, 0.2) is 0 Å². The first kappa shape index (κ1) is 14.5. The van der Waals surface area contributed by atoms with Crippen LogP contribution in [-0.4, -0.2) is 46.6 Å². The van der Waals surface area contributed by atoms with Gasteiger partial charge in [0, 0.05) is 31.7 Å². The topological polar surface area (TPSA) is 70.3 Å². The Balaban J connectivity index is 1.86. The molecule has 0 aromatic carbocycles. The number of nitrogens with zero attached hydrogens (tertiary/aromatic N) is 4. The highest BCUT2D eigenvalue weighted by Gasteiger charge is 2.27. The van der Waals surface area contributed by atoms with E-state index in [1.54, 1.807) is 11.3 Å². The van der Waals surface area contributed by atoms with Gasteiger partial charge >= 0.3 is 0 Å².